The molecule has 30 heavy (non-hydrogen) atoms. The van der Waals surface area contributed by atoms with Crippen LogP contribution in [0.2, 0.25) is 0 Å². The Balaban J connectivity index is 1.52. The summed E-state index contributed by atoms with van der Waals surface area (Å²) >= 11 is 1.65. The lowest BCUT2D eigenvalue weighted by Crippen LogP contribution is -2.42. The van der Waals surface area contributed by atoms with Crippen LogP contribution in [0.1, 0.15) is 13.3 Å². The highest BCUT2D eigenvalue weighted by atomic mass is 32.2. The standard InChI is InChI=1S/C24H23N3O2S/c1-17-15-23(28)26-19-11-5-7-13-21(19)27(17)24(29)16-25-20-12-6-8-14-22(20)30-18-9-3-2-4-10-18/h2-14,17,25H,15-16H2,1H3,(H,26,28)/t17-/m0/s1. The van der Waals surface area contributed by atoms with Crippen LogP contribution in [-0.4, -0.2) is 24.4 Å². The maximum atomic E-state index is 13.2. The highest BCUT2D eigenvalue weighted by Crippen LogP contribution is 2.34. The van der Waals surface area contributed by atoms with Crippen LogP contribution in [0.15, 0.2) is 88.7 Å². The first-order valence-electron chi connectivity index (χ1n) is 9.88. The van der Waals surface area contributed by atoms with Crippen molar-refractivity contribution in [1.29, 1.82) is 0 Å². The Bertz CT molecular complexity index is 1060. The number of anilines is 3. The van der Waals surface area contributed by atoms with E-state index in [0.717, 1.165) is 21.2 Å². The number of benzene rings is 3. The molecule has 0 unspecified atom stereocenters. The van der Waals surface area contributed by atoms with E-state index < -0.39 is 0 Å². The van der Waals surface area contributed by atoms with Crippen molar-refractivity contribution in [1.82, 2.24) is 0 Å². The number of fused-ring (bicyclic) bond motifs is 1. The van der Waals surface area contributed by atoms with Gasteiger partial charge in [0.1, 0.15) is 0 Å². The Morgan fingerprint density at radius 3 is 2.57 bits per heavy atom. The van der Waals surface area contributed by atoms with E-state index >= 15 is 0 Å². The number of carbonyl (C=O) groups is 2. The van der Waals surface area contributed by atoms with Gasteiger partial charge in [0.05, 0.1) is 17.9 Å². The molecule has 0 spiro atoms. The van der Waals surface area contributed by atoms with Gasteiger partial charge in [0.15, 0.2) is 0 Å². The average molecular weight is 418 g/mol. The lowest BCUT2D eigenvalue weighted by Gasteiger charge is -2.28. The molecule has 4 rings (SSSR count). The van der Waals surface area contributed by atoms with Gasteiger partial charge in [-0.1, -0.05) is 54.2 Å². The smallest absolute Gasteiger partial charge is 0.246 e. The molecule has 6 heteroatoms. The summed E-state index contributed by atoms with van der Waals surface area (Å²) in [5, 5.41) is 6.19. The summed E-state index contributed by atoms with van der Waals surface area (Å²) in [4.78, 5) is 29.3. The van der Waals surface area contributed by atoms with Crippen molar-refractivity contribution in [3.05, 3.63) is 78.9 Å². The van der Waals surface area contributed by atoms with Crippen LogP contribution >= 0.6 is 11.8 Å². The normalized spacial score (nSPS) is 15.7. The largest absolute Gasteiger partial charge is 0.375 e. The van der Waals surface area contributed by atoms with Crippen LogP contribution in [0, 0.1) is 0 Å². The number of hydrogen-bond donors (Lipinski definition) is 2. The molecule has 0 saturated carbocycles. The number of rotatable bonds is 5. The second-order valence-corrected chi connectivity index (χ2v) is 8.26. The first-order chi connectivity index (χ1) is 14.6. The van der Waals surface area contributed by atoms with Crippen LogP contribution < -0.4 is 15.5 Å². The fourth-order valence-corrected chi connectivity index (χ4v) is 4.48. The number of nitrogens with zero attached hydrogens (tertiary/aromatic N) is 1. The van der Waals surface area contributed by atoms with Crippen molar-refractivity contribution in [2.45, 2.75) is 29.2 Å². The highest BCUT2D eigenvalue weighted by Gasteiger charge is 2.29. The number of hydrogen-bond acceptors (Lipinski definition) is 4. The van der Waals surface area contributed by atoms with E-state index in [1.165, 1.54) is 0 Å². The summed E-state index contributed by atoms with van der Waals surface area (Å²) in [5.74, 6) is -0.159. The number of amides is 2. The second-order valence-electron chi connectivity index (χ2n) is 7.15. The fourth-order valence-electron chi connectivity index (χ4n) is 3.54. The van der Waals surface area contributed by atoms with E-state index in [9.17, 15) is 9.59 Å². The molecular formula is C24H23N3O2S. The maximum Gasteiger partial charge on any atom is 0.246 e. The molecule has 152 valence electrons. The van der Waals surface area contributed by atoms with Gasteiger partial charge in [-0.25, -0.2) is 0 Å². The van der Waals surface area contributed by atoms with Crippen LogP contribution in [0.4, 0.5) is 17.1 Å². The zero-order valence-corrected chi connectivity index (χ0v) is 17.5. The lowest BCUT2D eigenvalue weighted by molar-refractivity contribution is -0.118. The molecule has 0 saturated heterocycles. The highest BCUT2D eigenvalue weighted by molar-refractivity contribution is 7.99. The monoisotopic (exact) mass is 417 g/mol. The van der Waals surface area contributed by atoms with Gasteiger partial charge in [-0.3, -0.25) is 9.59 Å². The van der Waals surface area contributed by atoms with Crippen molar-refractivity contribution < 1.29 is 9.59 Å². The average Bonchev–Trinajstić information content (AvgIpc) is 2.88. The quantitative estimate of drug-likeness (QED) is 0.612. The molecule has 2 N–H and O–H groups in total. The Labute approximate surface area is 180 Å². The van der Waals surface area contributed by atoms with Crippen molar-refractivity contribution in [3.63, 3.8) is 0 Å². The predicted octanol–water partition coefficient (Wildman–Crippen LogP) is 5.01. The molecule has 3 aromatic carbocycles. The maximum absolute atomic E-state index is 13.2. The Morgan fingerprint density at radius 2 is 1.73 bits per heavy atom. The summed E-state index contributed by atoms with van der Waals surface area (Å²) in [6, 6.07) is 25.3. The summed E-state index contributed by atoms with van der Waals surface area (Å²) < 4.78 is 0. The van der Waals surface area contributed by atoms with E-state index in [0.29, 0.717) is 5.69 Å². The number of nitrogens with one attached hydrogen (secondary N) is 2. The van der Waals surface area contributed by atoms with Gasteiger partial charge in [0.2, 0.25) is 11.8 Å². The molecule has 5 nitrogen and oxygen atoms in total. The SMILES string of the molecule is C[C@H]1CC(=O)Nc2ccccc2N1C(=O)CNc1ccccc1Sc1ccccc1. The summed E-state index contributed by atoms with van der Waals surface area (Å²) in [5.41, 5.74) is 2.31. The van der Waals surface area contributed by atoms with Gasteiger partial charge in [-0.15, -0.1) is 0 Å². The van der Waals surface area contributed by atoms with Gasteiger partial charge in [0.25, 0.3) is 0 Å². The molecule has 0 bridgehead atoms. The lowest BCUT2D eigenvalue weighted by atomic mass is 10.1. The van der Waals surface area contributed by atoms with Gasteiger partial charge >= 0.3 is 0 Å². The zero-order chi connectivity index (χ0) is 20.9. The Hall–Kier alpha value is -3.25. The molecule has 1 aliphatic heterocycles. The first-order valence-corrected chi connectivity index (χ1v) is 10.7. The molecule has 0 aromatic heterocycles. The molecule has 2 amide bonds. The van der Waals surface area contributed by atoms with Crippen molar-refractivity contribution in [3.8, 4) is 0 Å². The van der Waals surface area contributed by atoms with Gasteiger partial charge < -0.3 is 15.5 Å². The Kier molecular flexibility index (Phi) is 6.05. The summed E-state index contributed by atoms with van der Waals surface area (Å²) in [6.07, 6.45) is 0.265. The van der Waals surface area contributed by atoms with E-state index in [4.69, 9.17) is 0 Å². The topological polar surface area (TPSA) is 61.4 Å². The molecule has 0 aliphatic carbocycles. The number of carbonyl (C=O) groups excluding carboxylic acids is 2. The third-order valence-electron chi connectivity index (χ3n) is 4.92. The van der Waals surface area contributed by atoms with Crippen LogP contribution in [-0.2, 0) is 9.59 Å². The Morgan fingerprint density at radius 1 is 1.03 bits per heavy atom. The first kappa shape index (κ1) is 20.0. The third kappa shape index (κ3) is 4.49. The molecule has 3 aromatic rings. The van der Waals surface area contributed by atoms with Gasteiger partial charge in [-0.05, 0) is 43.3 Å². The fraction of sp³-hybridized carbons (Fsp3) is 0.167. The van der Waals surface area contributed by atoms with Crippen LogP contribution in [0.5, 0.6) is 0 Å². The zero-order valence-electron chi connectivity index (χ0n) is 16.7. The minimum absolute atomic E-state index is 0.0778. The second kappa shape index (κ2) is 9.05. The summed E-state index contributed by atoms with van der Waals surface area (Å²) in [7, 11) is 0. The van der Waals surface area contributed by atoms with E-state index in [2.05, 4.69) is 22.8 Å². The van der Waals surface area contributed by atoms with Gasteiger partial charge in [0, 0.05) is 27.9 Å². The minimum Gasteiger partial charge on any atom is -0.375 e. The molecular weight excluding hydrogens is 394 g/mol. The van der Waals surface area contributed by atoms with Crippen LogP contribution in [0.3, 0.4) is 0 Å². The minimum atomic E-state index is -0.225. The van der Waals surface area contributed by atoms with Crippen molar-refractivity contribution >= 4 is 40.6 Å². The third-order valence-corrected chi connectivity index (χ3v) is 6.00. The molecule has 0 radical (unpaired) electrons. The number of para-hydroxylation sites is 3. The van der Waals surface area contributed by atoms with Crippen molar-refractivity contribution in [2.24, 2.45) is 0 Å². The molecule has 1 aliphatic rings. The van der Waals surface area contributed by atoms with Crippen LogP contribution in [0.25, 0.3) is 0 Å². The molecule has 1 atom stereocenters. The predicted molar refractivity (Wildman–Crippen MR) is 122 cm³/mol. The van der Waals surface area contributed by atoms with Gasteiger partial charge in [-0.2, -0.15) is 0 Å². The molecule has 1 heterocycles. The summed E-state index contributed by atoms with van der Waals surface area (Å²) in [6.45, 7) is 2.04. The van der Waals surface area contributed by atoms with E-state index in [-0.39, 0.29) is 30.8 Å². The van der Waals surface area contributed by atoms with E-state index in [1.54, 1.807) is 16.7 Å². The van der Waals surface area contributed by atoms with Crippen molar-refractivity contribution in [2.75, 3.05) is 22.1 Å². The van der Waals surface area contributed by atoms with E-state index in [1.807, 2.05) is 73.7 Å². The molecule has 0 fully saturated rings.